The van der Waals surface area contributed by atoms with Crippen molar-refractivity contribution in [2.24, 2.45) is 0 Å². The first-order chi connectivity index (χ1) is 11.0. The lowest BCUT2D eigenvalue weighted by atomic mass is 10.2. The average molecular weight is 329 g/mol. The zero-order chi connectivity index (χ0) is 17.5. The van der Waals surface area contributed by atoms with Crippen LogP contribution in [-0.4, -0.2) is 50.7 Å². The maximum Gasteiger partial charge on any atom is 0.330 e. The van der Waals surface area contributed by atoms with Gasteiger partial charge in [-0.2, -0.15) is 0 Å². The molecular formula is C15H23NO7. The van der Waals surface area contributed by atoms with Gasteiger partial charge in [0.15, 0.2) is 0 Å². The minimum absolute atomic E-state index is 0.00210. The van der Waals surface area contributed by atoms with E-state index in [0.29, 0.717) is 19.3 Å². The molecule has 1 amide bonds. The minimum atomic E-state index is -0.571. The summed E-state index contributed by atoms with van der Waals surface area (Å²) in [7, 11) is 1.44. The third-order valence-corrected chi connectivity index (χ3v) is 2.63. The van der Waals surface area contributed by atoms with Gasteiger partial charge in [-0.25, -0.2) is 4.79 Å². The van der Waals surface area contributed by atoms with Gasteiger partial charge in [-0.1, -0.05) is 6.58 Å². The molecule has 0 aromatic heterocycles. The number of hydrogen-bond donors (Lipinski definition) is 1. The Morgan fingerprint density at radius 2 is 1.57 bits per heavy atom. The number of ether oxygens (including phenoxy) is 3. The lowest BCUT2D eigenvalue weighted by Crippen LogP contribution is -2.22. The molecule has 0 radical (unpaired) electrons. The maximum atomic E-state index is 11.3. The van der Waals surface area contributed by atoms with Crippen molar-refractivity contribution < 1.29 is 33.4 Å². The number of esters is 3. The first-order valence-corrected chi connectivity index (χ1v) is 7.30. The first-order valence-electron chi connectivity index (χ1n) is 7.30. The highest BCUT2D eigenvalue weighted by Gasteiger charge is 2.08. The van der Waals surface area contributed by atoms with Gasteiger partial charge < -0.3 is 19.5 Å². The number of rotatable bonds is 12. The highest BCUT2D eigenvalue weighted by molar-refractivity contribution is 5.94. The molecular weight excluding hydrogens is 306 g/mol. The fraction of sp³-hybridized carbons (Fsp3) is 0.600. The molecule has 0 atom stereocenters. The van der Waals surface area contributed by atoms with Crippen molar-refractivity contribution >= 4 is 23.8 Å². The number of amides is 1. The van der Waals surface area contributed by atoms with E-state index < -0.39 is 17.8 Å². The van der Waals surface area contributed by atoms with Crippen molar-refractivity contribution in [3.05, 3.63) is 12.7 Å². The third-order valence-electron chi connectivity index (χ3n) is 2.63. The standard InChI is InChI=1S/C15H23NO7/c1-3-13(18)22-9-10-23-14(19)7-5-4-6-8-21-15(20)11-12(17)16-2/h3H,1,4-11H2,2H3,(H,16,17). The molecule has 0 rings (SSSR count). The normalized spacial score (nSPS) is 9.61. The van der Waals surface area contributed by atoms with Gasteiger partial charge in [0.1, 0.15) is 19.6 Å². The van der Waals surface area contributed by atoms with Gasteiger partial charge in [0.2, 0.25) is 5.91 Å². The monoisotopic (exact) mass is 329 g/mol. The average Bonchev–Trinajstić information content (AvgIpc) is 2.54. The van der Waals surface area contributed by atoms with Crippen molar-refractivity contribution in [3.63, 3.8) is 0 Å². The van der Waals surface area contributed by atoms with Crippen LogP contribution < -0.4 is 5.32 Å². The number of carbonyl (C=O) groups excluding carboxylic acids is 4. The van der Waals surface area contributed by atoms with E-state index in [1.807, 2.05) is 0 Å². The molecule has 0 fully saturated rings. The Morgan fingerprint density at radius 1 is 0.913 bits per heavy atom. The lowest BCUT2D eigenvalue weighted by molar-refractivity contribution is -0.149. The van der Waals surface area contributed by atoms with E-state index in [2.05, 4.69) is 16.6 Å². The van der Waals surface area contributed by atoms with Gasteiger partial charge in [-0.15, -0.1) is 0 Å². The highest BCUT2D eigenvalue weighted by Crippen LogP contribution is 2.02. The highest BCUT2D eigenvalue weighted by atomic mass is 16.6. The summed E-state index contributed by atoms with van der Waals surface area (Å²) in [6.07, 6.45) is 2.86. The summed E-state index contributed by atoms with van der Waals surface area (Å²) >= 11 is 0. The SMILES string of the molecule is C=CC(=O)OCCOC(=O)CCCCCOC(=O)CC(=O)NC. The van der Waals surface area contributed by atoms with Crippen LogP contribution in [0.3, 0.4) is 0 Å². The number of hydrogen-bond acceptors (Lipinski definition) is 7. The van der Waals surface area contributed by atoms with Crippen LogP contribution in [-0.2, 0) is 33.4 Å². The van der Waals surface area contributed by atoms with Crippen molar-refractivity contribution in [2.45, 2.75) is 32.1 Å². The molecule has 0 aromatic carbocycles. The van der Waals surface area contributed by atoms with Crippen molar-refractivity contribution in [2.75, 3.05) is 26.9 Å². The Kier molecular flexibility index (Phi) is 11.9. The van der Waals surface area contributed by atoms with Crippen molar-refractivity contribution in [1.82, 2.24) is 5.32 Å². The van der Waals surface area contributed by atoms with Gasteiger partial charge in [0, 0.05) is 19.5 Å². The summed E-state index contributed by atoms with van der Waals surface area (Å²) in [6.45, 7) is 3.45. The molecule has 0 heterocycles. The van der Waals surface area contributed by atoms with E-state index in [0.717, 1.165) is 6.08 Å². The summed E-state index contributed by atoms with van der Waals surface area (Å²) in [5, 5.41) is 2.33. The fourth-order valence-corrected chi connectivity index (χ4v) is 1.43. The van der Waals surface area contributed by atoms with Crippen LogP contribution >= 0.6 is 0 Å². The van der Waals surface area contributed by atoms with E-state index in [4.69, 9.17) is 9.47 Å². The van der Waals surface area contributed by atoms with Gasteiger partial charge in [0.25, 0.3) is 0 Å². The molecule has 1 N–H and O–H groups in total. The van der Waals surface area contributed by atoms with Crippen molar-refractivity contribution in [3.8, 4) is 0 Å². The molecule has 0 aliphatic heterocycles. The number of carbonyl (C=O) groups is 4. The lowest BCUT2D eigenvalue weighted by Gasteiger charge is -2.06. The molecule has 0 unspecified atom stereocenters. The quantitative estimate of drug-likeness (QED) is 0.183. The maximum absolute atomic E-state index is 11.3. The Bertz CT molecular complexity index is 420. The van der Waals surface area contributed by atoms with Gasteiger partial charge in [-0.3, -0.25) is 14.4 Å². The largest absolute Gasteiger partial charge is 0.465 e. The van der Waals surface area contributed by atoms with E-state index >= 15 is 0 Å². The second-order valence-electron chi connectivity index (χ2n) is 4.47. The van der Waals surface area contributed by atoms with E-state index in [-0.39, 0.29) is 38.6 Å². The van der Waals surface area contributed by atoms with Gasteiger partial charge >= 0.3 is 17.9 Å². The summed E-state index contributed by atoms with van der Waals surface area (Å²) in [5.41, 5.74) is 0. The van der Waals surface area contributed by atoms with Crippen LogP contribution in [0.2, 0.25) is 0 Å². The second-order valence-corrected chi connectivity index (χ2v) is 4.47. The Labute approximate surface area is 135 Å². The van der Waals surface area contributed by atoms with Crippen LogP contribution in [0.1, 0.15) is 32.1 Å². The van der Waals surface area contributed by atoms with E-state index in [1.54, 1.807) is 0 Å². The van der Waals surface area contributed by atoms with Crippen LogP contribution in [0.5, 0.6) is 0 Å². The zero-order valence-corrected chi connectivity index (χ0v) is 13.3. The first kappa shape index (κ1) is 20.6. The smallest absolute Gasteiger partial charge is 0.330 e. The van der Waals surface area contributed by atoms with Gasteiger partial charge in [0.05, 0.1) is 6.61 Å². The molecule has 0 saturated carbocycles. The molecule has 0 aromatic rings. The minimum Gasteiger partial charge on any atom is -0.465 e. The molecule has 8 nitrogen and oxygen atoms in total. The van der Waals surface area contributed by atoms with Crippen LogP contribution in [0.15, 0.2) is 12.7 Å². The molecule has 0 spiro atoms. The summed E-state index contributed by atoms with van der Waals surface area (Å²) < 4.78 is 14.4. The van der Waals surface area contributed by atoms with Crippen LogP contribution in [0.25, 0.3) is 0 Å². The molecule has 0 aliphatic carbocycles. The van der Waals surface area contributed by atoms with Crippen molar-refractivity contribution in [1.29, 1.82) is 0 Å². The second kappa shape index (κ2) is 13.3. The fourth-order valence-electron chi connectivity index (χ4n) is 1.43. The topological polar surface area (TPSA) is 108 Å². The predicted octanol–water partition coefficient (Wildman–Crippen LogP) is 0.499. The molecule has 130 valence electrons. The molecule has 0 saturated heterocycles. The summed E-state index contributed by atoms with van der Waals surface area (Å²) in [5.74, 6) is -1.90. The van der Waals surface area contributed by atoms with Crippen LogP contribution in [0.4, 0.5) is 0 Å². The summed E-state index contributed by atoms with van der Waals surface area (Å²) in [6, 6.07) is 0. The Balaban J connectivity index is 3.45. The molecule has 8 heteroatoms. The number of nitrogens with one attached hydrogen (secondary N) is 1. The summed E-state index contributed by atoms with van der Waals surface area (Å²) in [4.78, 5) is 44.1. The van der Waals surface area contributed by atoms with E-state index in [1.165, 1.54) is 7.05 Å². The Hall–Kier alpha value is -2.38. The Morgan fingerprint density at radius 3 is 2.22 bits per heavy atom. The zero-order valence-electron chi connectivity index (χ0n) is 13.3. The molecule has 23 heavy (non-hydrogen) atoms. The third kappa shape index (κ3) is 13.0. The predicted molar refractivity (Wildman–Crippen MR) is 80.2 cm³/mol. The number of unbranched alkanes of at least 4 members (excludes halogenated alkanes) is 2. The molecule has 0 bridgehead atoms. The van der Waals surface area contributed by atoms with E-state index in [9.17, 15) is 19.2 Å². The van der Waals surface area contributed by atoms with Crippen LogP contribution in [0, 0.1) is 0 Å². The molecule has 0 aliphatic rings. The van der Waals surface area contributed by atoms with Gasteiger partial charge in [-0.05, 0) is 19.3 Å².